The molecule has 0 N–H and O–H groups in total. The van der Waals surface area contributed by atoms with Crippen molar-refractivity contribution in [1.29, 1.82) is 0 Å². The van der Waals surface area contributed by atoms with E-state index in [0.717, 1.165) is 5.56 Å². The topological polar surface area (TPSA) is 69.4 Å². The Balaban J connectivity index is 2.07. The molecule has 0 fully saturated rings. The number of nitro benzene ring substituents is 1. The Hall–Kier alpha value is -2.69. The molecule has 2 rings (SSSR count). The van der Waals surface area contributed by atoms with Crippen LogP contribution in [0, 0.1) is 10.1 Å². The minimum absolute atomic E-state index is 0.121. The van der Waals surface area contributed by atoms with Gasteiger partial charge in [-0.3, -0.25) is 14.9 Å². The first-order chi connectivity index (χ1) is 9.70. The Morgan fingerprint density at radius 3 is 2.55 bits per heavy atom. The molecule has 0 aliphatic heterocycles. The molecule has 0 saturated heterocycles. The van der Waals surface area contributed by atoms with Gasteiger partial charge in [0.15, 0.2) is 5.75 Å². The molecule has 20 heavy (non-hydrogen) atoms. The predicted octanol–water partition coefficient (Wildman–Crippen LogP) is 3.03. The van der Waals surface area contributed by atoms with Gasteiger partial charge >= 0.3 is 5.69 Å². The second-order valence-corrected chi connectivity index (χ2v) is 4.19. The highest BCUT2D eigenvalue weighted by atomic mass is 16.6. The van der Waals surface area contributed by atoms with Crippen molar-refractivity contribution in [3.63, 3.8) is 0 Å². The molecule has 102 valence electrons. The third kappa shape index (κ3) is 3.41. The zero-order valence-corrected chi connectivity index (χ0v) is 10.7. The summed E-state index contributed by atoms with van der Waals surface area (Å²) in [6.45, 7) is 0.313. The van der Waals surface area contributed by atoms with Crippen LogP contribution in [-0.4, -0.2) is 17.8 Å². The lowest BCUT2D eigenvalue weighted by Gasteiger charge is -2.07. The molecule has 0 aromatic heterocycles. The molecule has 0 saturated carbocycles. The van der Waals surface area contributed by atoms with Crippen LogP contribution in [-0.2, 0) is 6.42 Å². The third-order valence-corrected chi connectivity index (χ3v) is 2.81. The molecule has 0 unspecified atom stereocenters. The zero-order valence-electron chi connectivity index (χ0n) is 10.7. The van der Waals surface area contributed by atoms with Crippen LogP contribution in [0.25, 0.3) is 0 Å². The maximum absolute atomic E-state index is 10.9. The average molecular weight is 271 g/mol. The lowest BCUT2D eigenvalue weighted by atomic mass is 10.2. The molecular weight excluding hydrogens is 258 g/mol. The van der Waals surface area contributed by atoms with Gasteiger partial charge in [-0.05, 0) is 17.7 Å². The Bertz CT molecular complexity index is 611. The van der Waals surface area contributed by atoms with Gasteiger partial charge in [0.1, 0.15) is 6.29 Å². The van der Waals surface area contributed by atoms with Gasteiger partial charge in [0, 0.05) is 18.1 Å². The van der Waals surface area contributed by atoms with Gasteiger partial charge in [-0.15, -0.1) is 0 Å². The Kier molecular flexibility index (Phi) is 4.44. The quantitative estimate of drug-likeness (QED) is 0.460. The van der Waals surface area contributed by atoms with E-state index in [9.17, 15) is 14.9 Å². The molecular formula is C15H13NO4. The summed E-state index contributed by atoms with van der Waals surface area (Å²) in [6.07, 6.45) is 1.27. The second-order valence-electron chi connectivity index (χ2n) is 4.19. The van der Waals surface area contributed by atoms with E-state index in [0.29, 0.717) is 24.9 Å². The van der Waals surface area contributed by atoms with Gasteiger partial charge in [0.25, 0.3) is 0 Å². The van der Waals surface area contributed by atoms with Crippen LogP contribution in [0.15, 0.2) is 48.5 Å². The van der Waals surface area contributed by atoms with Crippen LogP contribution in [0.5, 0.6) is 5.75 Å². The molecule has 0 aliphatic carbocycles. The van der Waals surface area contributed by atoms with Crippen molar-refractivity contribution in [3.05, 3.63) is 69.8 Å². The highest BCUT2D eigenvalue weighted by Crippen LogP contribution is 2.27. The summed E-state index contributed by atoms with van der Waals surface area (Å²) in [4.78, 5) is 21.1. The lowest BCUT2D eigenvalue weighted by Crippen LogP contribution is -2.04. The smallest absolute Gasteiger partial charge is 0.310 e. The van der Waals surface area contributed by atoms with Crippen molar-refractivity contribution in [3.8, 4) is 5.75 Å². The van der Waals surface area contributed by atoms with Crippen molar-refractivity contribution in [2.24, 2.45) is 0 Å². The van der Waals surface area contributed by atoms with E-state index in [1.807, 2.05) is 30.3 Å². The van der Waals surface area contributed by atoms with Crippen LogP contribution in [0.2, 0.25) is 0 Å². The van der Waals surface area contributed by atoms with E-state index >= 15 is 0 Å². The number of hydrogen-bond donors (Lipinski definition) is 0. The predicted molar refractivity (Wildman–Crippen MR) is 74.1 cm³/mol. The van der Waals surface area contributed by atoms with Gasteiger partial charge < -0.3 is 4.74 Å². The normalized spacial score (nSPS) is 10.0. The van der Waals surface area contributed by atoms with Crippen molar-refractivity contribution < 1.29 is 14.5 Å². The fourth-order valence-corrected chi connectivity index (χ4v) is 1.79. The lowest BCUT2D eigenvalue weighted by molar-refractivity contribution is -0.385. The van der Waals surface area contributed by atoms with Gasteiger partial charge in [-0.2, -0.15) is 0 Å². The SMILES string of the molecule is O=Cc1ccc([N+](=O)[O-])c(OCCc2ccccc2)c1. The van der Waals surface area contributed by atoms with E-state index in [-0.39, 0.29) is 11.4 Å². The fraction of sp³-hybridized carbons (Fsp3) is 0.133. The molecule has 0 spiro atoms. The summed E-state index contributed by atoms with van der Waals surface area (Å²) < 4.78 is 5.44. The van der Waals surface area contributed by atoms with E-state index in [4.69, 9.17) is 4.74 Å². The first-order valence-corrected chi connectivity index (χ1v) is 6.11. The standard InChI is InChI=1S/C15H13NO4/c17-11-13-6-7-14(16(18)19)15(10-13)20-9-8-12-4-2-1-3-5-12/h1-7,10-11H,8-9H2. The summed E-state index contributed by atoms with van der Waals surface area (Å²) >= 11 is 0. The maximum atomic E-state index is 10.9. The van der Waals surface area contributed by atoms with E-state index < -0.39 is 4.92 Å². The molecule has 5 heteroatoms. The number of carbonyl (C=O) groups is 1. The van der Waals surface area contributed by atoms with Gasteiger partial charge in [-0.25, -0.2) is 0 Å². The maximum Gasteiger partial charge on any atom is 0.310 e. The summed E-state index contributed by atoms with van der Waals surface area (Å²) in [6, 6.07) is 13.7. The summed E-state index contributed by atoms with van der Waals surface area (Å²) in [7, 11) is 0. The summed E-state index contributed by atoms with van der Waals surface area (Å²) in [5.74, 6) is 0.121. The Labute approximate surface area is 116 Å². The highest BCUT2D eigenvalue weighted by molar-refractivity contribution is 5.76. The molecule has 0 bridgehead atoms. The molecule has 0 atom stereocenters. The zero-order chi connectivity index (χ0) is 14.4. The van der Waals surface area contributed by atoms with E-state index in [1.165, 1.54) is 18.2 Å². The Morgan fingerprint density at radius 1 is 1.15 bits per heavy atom. The monoisotopic (exact) mass is 271 g/mol. The number of carbonyl (C=O) groups excluding carboxylic acids is 1. The number of rotatable bonds is 6. The van der Waals surface area contributed by atoms with Gasteiger partial charge in [-0.1, -0.05) is 30.3 Å². The largest absolute Gasteiger partial charge is 0.486 e. The number of nitrogens with zero attached hydrogens (tertiary/aromatic N) is 1. The van der Waals surface area contributed by atoms with Crippen LogP contribution in [0.3, 0.4) is 0 Å². The first-order valence-electron chi connectivity index (χ1n) is 6.11. The van der Waals surface area contributed by atoms with E-state index in [2.05, 4.69) is 0 Å². The average Bonchev–Trinajstić information content (AvgIpc) is 2.48. The number of benzene rings is 2. The highest BCUT2D eigenvalue weighted by Gasteiger charge is 2.15. The minimum Gasteiger partial charge on any atom is -0.486 e. The summed E-state index contributed by atoms with van der Waals surface area (Å²) in [5, 5.41) is 10.9. The number of nitro groups is 1. The third-order valence-electron chi connectivity index (χ3n) is 2.81. The fourth-order valence-electron chi connectivity index (χ4n) is 1.79. The van der Waals surface area contributed by atoms with Gasteiger partial charge in [0.2, 0.25) is 0 Å². The molecule has 0 amide bonds. The van der Waals surface area contributed by atoms with E-state index in [1.54, 1.807) is 0 Å². The van der Waals surface area contributed by atoms with Crippen LogP contribution in [0.4, 0.5) is 5.69 Å². The van der Waals surface area contributed by atoms with Crippen molar-refractivity contribution in [2.45, 2.75) is 6.42 Å². The Morgan fingerprint density at radius 2 is 1.90 bits per heavy atom. The number of aldehydes is 1. The number of hydrogen-bond acceptors (Lipinski definition) is 4. The molecule has 2 aromatic rings. The molecule has 0 radical (unpaired) electrons. The van der Waals surface area contributed by atoms with Gasteiger partial charge in [0.05, 0.1) is 11.5 Å². The molecule has 0 aliphatic rings. The van der Waals surface area contributed by atoms with Crippen molar-refractivity contribution in [1.82, 2.24) is 0 Å². The van der Waals surface area contributed by atoms with Crippen LogP contribution < -0.4 is 4.74 Å². The summed E-state index contributed by atoms with van der Waals surface area (Å²) in [5.41, 5.74) is 1.30. The van der Waals surface area contributed by atoms with Crippen LogP contribution in [0.1, 0.15) is 15.9 Å². The minimum atomic E-state index is -0.521. The number of ether oxygens (including phenoxy) is 1. The first kappa shape index (κ1) is 13.7. The molecule has 0 heterocycles. The molecule has 5 nitrogen and oxygen atoms in total. The van der Waals surface area contributed by atoms with Crippen LogP contribution >= 0.6 is 0 Å². The second kappa shape index (κ2) is 6.47. The van der Waals surface area contributed by atoms with Crippen molar-refractivity contribution in [2.75, 3.05) is 6.61 Å². The molecule has 2 aromatic carbocycles. The van der Waals surface area contributed by atoms with Crippen molar-refractivity contribution >= 4 is 12.0 Å².